The Balaban J connectivity index is 2.68. The van der Waals surface area contributed by atoms with E-state index >= 15 is 0 Å². The second-order valence-corrected chi connectivity index (χ2v) is 6.70. The van der Waals surface area contributed by atoms with Gasteiger partial charge in [0.05, 0.1) is 12.0 Å². The number of ether oxygens (including phenoxy) is 1. The Hall–Kier alpha value is -1.72. The van der Waals surface area contributed by atoms with Crippen molar-refractivity contribution < 1.29 is 13.2 Å². The number of rotatable bonds is 3. The first kappa shape index (κ1) is 14.7. The summed E-state index contributed by atoms with van der Waals surface area (Å²) in [5.41, 5.74) is 2.10. The lowest BCUT2D eigenvalue weighted by atomic mass is 10.0. The molecule has 104 valence electrons. The summed E-state index contributed by atoms with van der Waals surface area (Å²) in [4.78, 5) is 0.251. The van der Waals surface area contributed by atoms with Gasteiger partial charge in [-0.1, -0.05) is 36.4 Å². The molecule has 2 rings (SSSR count). The largest absolute Gasteiger partial charge is 0.486 e. The van der Waals surface area contributed by atoms with Gasteiger partial charge in [-0.05, 0) is 29.9 Å². The normalized spacial score (nSPS) is 11.1. The van der Waals surface area contributed by atoms with E-state index in [1.165, 1.54) is 13.4 Å². The molecule has 2 aromatic rings. The lowest BCUT2D eigenvalue weighted by molar-refractivity contribution is 0.416. The van der Waals surface area contributed by atoms with Crippen molar-refractivity contribution in [3.05, 3.63) is 54.1 Å². The summed E-state index contributed by atoms with van der Waals surface area (Å²) in [6.07, 6.45) is 1.19. The van der Waals surface area contributed by atoms with Gasteiger partial charge < -0.3 is 4.74 Å². The van der Waals surface area contributed by atoms with Crippen LogP contribution in [0.5, 0.6) is 0 Å². The highest BCUT2D eigenvalue weighted by molar-refractivity contribution is 7.90. The Bertz CT molecular complexity index is 735. The van der Waals surface area contributed by atoms with Crippen LogP contribution in [0.15, 0.2) is 53.4 Å². The molecule has 0 N–H and O–H groups in total. The zero-order valence-electron chi connectivity index (χ0n) is 11.2. The van der Waals surface area contributed by atoms with E-state index in [0.717, 1.165) is 5.56 Å². The van der Waals surface area contributed by atoms with Crippen LogP contribution >= 0.6 is 12.2 Å². The highest BCUT2D eigenvalue weighted by atomic mass is 32.2. The van der Waals surface area contributed by atoms with Gasteiger partial charge in [0.2, 0.25) is 0 Å². The molecule has 0 spiro atoms. The van der Waals surface area contributed by atoms with Gasteiger partial charge in [-0.15, -0.1) is 0 Å². The lowest BCUT2D eigenvalue weighted by Gasteiger charge is -2.11. The van der Waals surface area contributed by atoms with Crippen LogP contribution in [0.1, 0.15) is 5.56 Å². The van der Waals surface area contributed by atoms with Crippen molar-refractivity contribution in [2.45, 2.75) is 4.90 Å². The third-order valence-corrected chi connectivity index (χ3v) is 4.43. The Kier molecular flexibility index (Phi) is 4.20. The molecule has 0 heterocycles. The van der Waals surface area contributed by atoms with Gasteiger partial charge in [-0.25, -0.2) is 8.42 Å². The summed E-state index contributed by atoms with van der Waals surface area (Å²) < 4.78 is 29.0. The molecule has 0 atom stereocenters. The summed E-state index contributed by atoms with van der Waals surface area (Å²) in [6, 6.07) is 14.5. The molecule has 5 heteroatoms. The first-order valence-electron chi connectivity index (χ1n) is 5.91. The lowest BCUT2D eigenvalue weighted by Crippen LogP contribution is -2.05. The van der Waals surface area contributed by atoms with E-state index in [1.807, 2.05) is 30.3 Å². The second-order valence-electron chi connectivity index (χ2n) is 4.34. The molecular formula is C15H14O3S2. The summed E-state index contributed by atoms with van der Waals surface area (Å²) >= 11 is 5.05. The summed E-state index contributed by atoms with van der Waals surface area (Å²) in [5, 5.41) is 0.273. The van der Waals surface area contributed by atoms with E-state index < -0.39 is 9.84 Å². The number of hydrogen-bond donors (Lipinski definition) is 0. The van der Waals surface area contributed by atoms with Crippen LogP contribution < -0.4 is 0 Å². The molecule has 0 aliphatic carbocycles. The zero-order chi connectivity index (χ0) is 14.8. The maximum atomic E-state index is 12.0. The van der Waals surface area contributed by atoms with Crippen molar-refractivity contribution in [3.8, 4) is 11.1 Å². The Labute approximate surface area is 124 Å². The van der Waals surface area contributed by atoms with Crippen LogP contribution in [0.25, 0.3) is 11.1 Å². The molecule has 0 radical (unpaired) electrons. The fraction of sp³-hybridized carbons (Fsp3) is 0.133. The third kappa shape index (κ3) is 3.05. The maximum Gasteiger partial charge on any atom is 0.190 e. The molecule has 0 aliphatic heterocycles. The Morgan fingerprint density at radius 2 is 1.75 bits per heavy atom. The van der Waals surface area contributed by atoms with Crippen LogP contribution in [0, 0.1) is 0 Å². The maximum absolute atomic E-state index is 12.0. The van der Waals surface area contributed by atoms with Crippen LogP contribution in [0.4, 0.5) is 0 Å². The van der Waals surface area contributed by atoms with Gasteiger partial charge in [0, 0.05) is 17.4 Å². The van der Waals surface area contributed by atoms with E-state index in [2.05, 4.69) is 0 Å². The fourth-order valence-electron chi connectivity index (χ4n) is 1.93. The van der Waals surface area contributed by atoms with Crippen molar-refractivity contribution in [2.75, 3.05) is 13.4 Å². The third-order valence-electron chi connectivity index (χ3n) is 2.89. The summed E-state index contributed by atoms with van der Waals surface area (Å²) in [7, 11) is -1.90. The van der Waals surface area contributed by atoms with Crippen LogP contribution in [-0.2, 0) is 14.6 Å². The minimum atomic E-state index is -3.36. The molecule has 0 saturated heterocycles. The number of thiocarbonyl (C=S) groups is 1. The van der Waals surface area contributed by atoms with Crippen LogP contribution in [0.2, 0.25) is 0 Å². The molecular weight excluding hydrogens is 292 g/mol. The van der Waals surface area contributed by atoms with E-state index in [-0.39, 0.29) is 9.95 Å². The van der Waals surface area contributed by atoms with E-state index in [9.17, 15) is 8.42 Å². The van der Waals surface area contributed by atoms with Gasteiger partial charge in [-0.3, -0.25) is 0 Å². The number of sulfone groups is 1. The average molecular weight is 306 g/mol. The van der Waals surface area contributed by atoms with E-state index in [4.69, 9.17) is 17.0 Å². The van der Waals surface area contributed by atoms with E-state index in [1.54, 1.807) is 18.2 Å². The highest BCUT2D eigenvalue weighted by Gasteiger charge is 2.16. The zero-order valence-corrected chi connectivity index (χ0v) is 12.8. The average Bonchev–Trinajstić information content (AvgIpc) is 2.46. The predicted octanol–water partition coefficient (Wildman–Crippen LogP) is 3.08. The smallest absolute Gasteiger partial charge is 0.190 e. The van der Waals surface area contributed by atoms with Crippen molar-refractivity contribution >= 4 is 27.1 Å². The fourth-order valence-corrected chi connectivity index (χ4v) is 2.98. The van der Waals surface area contributed by atoms with Gasteiger partial charge in [0.1, 0.15) is 0 Å². The van der Waals surface area contributed by atoms with Gasteiger partial charge in [-0.2, -0.15) is 0 Å². The van der Waals surface area contributed by atoms with Crippen molar-refractivity contribution in [1.82, 2.24) is 0 Å². The molecule has 0 unspecified atom stereocenters. The van der Waals surface area contributed by atoms with Crippen LogP contribution in [0.3, 0.4) is 0 Å². The molecule has 20 heavy (non-hydrogen) atoms. The Morgan fingerprint density at radius 1 is 1.10 bits per heavy atom. The van der Waals surface area contributed by atoms with Gasteiger partial charge in [0.15, 0.2) is 14.9 Å². The highest BCUT2D eigenvalue weighted by Crippen LogP contribution is 2.28. The first-order valence-corrected chi connectivity index (χ1v) is 8.21. The summed E-state index contributed by atoms with van der Waals surface area (Å²) in [5.74, 6) is 0. The molecule has 0 saturated carbocycles. The number of methoxy groups -OCH3 is 1. The Morgan fingerprint density at radius 3 is 2.30 bits per heavy atom. The van der Waals surface area contributed by atoms with Gasteiger partial charge >= 0.3 is 0 Å². The second kappa shape index (κ2) is 5.73. The monoisotopic (exact) mass is 306 g/mol. The predicted molar refractivity (Wildman–Crippen MR) is 83.7 cm³/mol. The number of hydrogen-bond acceptors (Lipinski definition) is 4. The van der Waals surface area contributed by atoms with Crippen molar-refractivity contribution in [1.29, 1.82) is 0 Å². The van der Waals surface area contributed by atoms with E-state index in [0.29, 0.717) is 11.1 Å². The first-order chi connectivity index (χ1) is 9.43. The van der Waals surface area contributed by atoms with Gasteiger partial charge in [0.25, 0.3) is 0 Å². The molecule has 0 aliphatic rings. The minimum absolute atomic E-state index is 0.251. The van der Waals surface area contributed by atoms with Crippen molar-refractivity contribution in [3.63, 3.8) is 0 Å². The molecule has 0 fully saturated rings. The summed E-state index contributed by atoms with van der Waals surface area (Å²) in [6.45, 7) is 0. The number of benzene rings is 2. The molecule has 3 nitrogen and oxygen atoms in total. The molecule has 2 aromatic carbocycles. The molecule has 0 bridgehead atoms. The molecule has 0 amide bonds. The quantitative estimate of drug-likeness (QED) is 0.817. The van der Waals surface area contributed by atoms with Crippen LogP contribution in [-0.4, -0.2) is 26.8 Å². The topological polar surface area (TPSA) is 43.4 Å². The van der Waals surface area contributed by atoms with Crippen molar-refractivity contribution in [2.24, 2.45) is 0 Å². The SMILES string of the molecule is COC(=S)c1ccc(-c2ccccc2)c(S(C)(=O)=O)c1. The standard InChI is InChI=1S/C15H14O3S2/c1-18-15(19)12-8-9-13(11-6-4-3-5-7-11)14(10-12)20(2,16)17/h3-10H,1-2H3. The molecule has 0 aromatic heterocycles. The minimum Gasteiger partial charge on any atom is -0.486 e.